The zero-order valence-corrected chi connectivity index (χ0v) is 58.4. The fourth-order valence-corrected chi connectivity index (χ4v) is 11.4. The Balaban J connectivity index is 2.45. The van der Waals surface area contributed by atoms with E-state index in [-0.39, 0.29) is 86.9 Å². The van der Waals surface area contributed by atoms with Gasteiger partial charge in [0.1, 0.15) is 23.0 Å². The van der Waals surface area contributed by atoms with Gasteiger partial charge in [-0.3, -0.25) is 43.2 Å². The van der Waals surface area contributed by atoms with Crippen LogP contribution in [0.1, 0.15) is 158 Å². The summed E-state index contributed by atoms with van der Waals surface area (Å²) in [6, 6.07) is 16.1. The third kappa shape index (κ3) is 35.2. The summed E-state index contributed by atoms with van der Waals surface area (Å²) in [4.78, 5) is 188. The van der Waals surface area contributed by atoms with E-state index in [2.05, 4.69) is 37.2 Å². The molecule has 7 amide bonds. The van der Waals surface area contributed by atoms with Crippen LogP contribution in [-0.4, -0.2) is 192 Å². The van der Waals surface area contributed by atoms with Gasteiger partial charge in [0.05, 0.1) is 31.6 Å². The quantitative estimate of drug-likeness (QED) is 0.0371. The number of carbonyl (C=O) groups is 14. The molecule has 512 valence electrons. The number of Topliss-reactive ketones (excluding diaryl/α,β-unsaturated/α-hetero) is 6. The number of benzene rings is 2. The summed E-state index contributed by atoms with van der Waals surface area (Å²) in [5, 5.41) is 17.9. The van der Waals surface area contributed by atoms with Crippen molar-refractivity contribution in [3.05, 3.63) is 71.8 Å². The summed E-state index contributed by atoms with van der Waals surface area (Å²) < 4.78 is 10.8. The standard InChI is InChI=1S/C65H94B7N7O16S/c1-40(2)28-46(59(89)74-37-50(83)39-96(70-66,71-67)72(68)69)34-55(85)53(31-44-20-16-13-17-21-44)78-58(88)38-75-61(91)51(77-57(87)26-23-45(62(92)94-64(6,7)8)32-48(81)36-76-63(93)95-65(9,10)11)24-27-56(86)73-35-49(82)33-47(30-43-18-14-12-15-19-43)60(90)79-52(29-41(3)4)54(84)25-22-42(5)80/h12-21,40-41,45-47,51-53H,22-39H2,1-11H3,(H,73,86)(H,74,89)(H,75,91)(H,76,93)(H,77,87)(H,78,88)(H,79,90). The molecule has 23 nitrogen and oxygen atoms in total. The Hall–Kier alpha value is -7.18. The predicted molar refractivity (Wildman–Crippen MR) is 375 cm³/mol. The van der Waals surface area contributed by atoms with Crippen molar-refractivity contribution in [2.45, 2.75) is 189 Å². The first-order valence-corrected chi connectivity index (χ1v) is 34.3. The summed E-state index contributed by atoms with van der Waals surface area (Å²) in [5.74, 6) is -12.7. The molecule has 0 aliphatic carbocycles. The van der Waals surface area contributed by atoms with E-state index in [9.17, 15) is 67.1 Å². The molecule has 0 aromatic heterocycles. The van der Waals surface area contributed by atoms with E-state index in [0.29, 0.717) is 5.56 Å². The Morgan fingerprint density at radius 3 is 1.53 bits per heavy atom. The number of alkyl carbamates (subject to hydrolysis) is 1. The van der Waals surface area contributed by atoms with Crippen molar-refractivity contribution < 1.29 is 76.6 Å². The van der Waals surface area contributed by atoms with Crippen LogP contribution in [-0.2, 0) is 84.6 Å². The van der Waals surface area contributed by atoms with Gasteiger partial charge in [-0.05, 0) is 85.6 Å². The van der Waals surface area contributed by atoms with E-state index < -0.39 is 184 Å². The molecule has 6 atom stereocenters. The third-order valence-electron chi connectivity index (χ3n) is 14.8. The monoisotopic (exact) mass is 1340 g/mol. The molecule has 0 aliphatic heterocycles. The van der Waals surface area contributed by atoms with E-state index in [1.807, 2.05) is 27.7 Å². The number of nitrogens with one attached hydrogen (secondary N) is 7. The van der Waals surface area contributed by atoms with Crippen LogP contribution < -0.4 is 37.2 Å². The van der Waals surface area contributed by atoms with Gasteiger partial charge < -0.3 is 40.9 Å². The number of hydrogen-bond donors (Lipinski definition) is 7. The molecule has 0 fully saturated rings. The summed E-state index contributed by atoms with van der Waals surface area (Å²) in [5.41, 5.74) is -0.535. The molecule has 0 saturated carbocycles. The van der Waals surface area contributed by atoms with E-state index >= 15 is 0 Å². The minimum atomic E-state index is -2.39. The zero-order valence-electron chi connectivity index (χ0n) is 57.6. The van der Waals surface area contributed by atoms with Gasteiger partial charge in [-0.2, -0.15) is 0 Å². The van der Waals surface area contributed by atoms with Crippen LogP contribution in [0.4, 0.5) is 4.79 Å². The Morgan fingerprint density at radius 2 is 1.00 bits per heavy atom. The number of amides is 7. The normalized spacial score (nSPS) is 13.3. The summed E-state index contributed by atoms with van der Waals surface area (Å²) >= 11 is 0. The van der Waals surface area contributed by atoms with Gasteiger partial charge in [0.15, 0.2) is 17.3 Å². The third-order valence-corrected chi connectivity index (χ3v) is 17.6. The molecule has 7 N–H and O–H groups in total. The molecule has 2 rings (SSSR count). The van der Waals surface area contributed by atoms with Crippen LogP contribution in [0.15, 0.2) is 60.7 Å². The van der Waals surface area contributed by atoms with Gasteiger partial charge in [0.25, 0.3) is 0 Å². The van der Waals surface area contributed by atoms with Gasteiger partial charge in [0.2, 0.25) is 23.6 Å². The maximum atomic E-state index is 14.3. The molecule has 0 saturated heterocycles. The first-order chi connectivity index (χ1) is 44.8. The first kappa shape index (κ1) is 84.9. The molecular formula is C65H94B7N7O16S. The Bertz CT molecular complexity index is 3140. The maximum absolute atomic E-state index is 14.3. The topological polar surface area (TPSA) is 342 Å². The van der Waals surface area contributed by atoms with Crippen LogP contribution in [0.2, 0.25) is 0 Å². The summed E-state index contributed by atoms with van der Waals surface area (Å²) in [6.07, 6.45) is -3.31. The average Bonchev–Trinajstić information content (AvgIpc) is 1.16. The van der Waals surface area contributed by atoms with E-state index in [1.54, 1.807) is 102 Å². The predicted octanol–water partition coefficient (Wildman–Crippen LogP) is 2.56. The fraction of sp³-hybridized carbons (Fsp3) is 0.600. The Kier molecular flexibility index (Phi) is 37.6. The molecule has 0 heterocycles. The van der Waals surface area contributed by atoms with Crippen molar-refractivity contribution in [1.82, 2.24) is 37.2 Å². The Morgan fingerprint density at radius 1 is 0.490 bits per heavy atom. The molecule has 0 aliphatic rings. The second-order valence-electron chi connectivity index (χ2n) is 26.9. The fourth-order valence-electron chi connectivity index (χ4n) is 9.88. The van der Waals surface area contributed by atoms with E-state index in [4.69, 9.17) is 40.4 Å². The molecule has 0 bridgehead atoms. The zero-order chi connectivity index (χ0) is 72.5. The summed E-state index contributed by atoms with van der Waals surface area (Å²) in [6.45, 7) is 16.2. The van der Waals surface area contributed by atoms with Crippen molar-refractivity contribution >= 4 is 140 Å². The molecule has 8 radical (unpaired) electrons. The SMILES string of the molecule is [B]B=S(=B[B])(CC(=O)CNC(=O)C(CC(=O)C(Cc1ccccc1)NC(=O)CNC(=O)C(CCC(=O)NCC(=O)CC(Cc1ccccc1)C(=O)NC(CC(C)C)C(=O)CCC(C)=O)NC(=O)CCC(CC(=O)CNC(=O)OC(C)(C)C)C(=O)OC(C)(C)C)CC(C)C)B([B])[B]. The Labute approximate surface area is 573 Å². The van der Waals surface area contributed by atoms with Crippen molar-refractivity contribution in [3.8, 4) is 0 Å². The number of ether oxygens (including phenoxy) is 2. The van der Waals surface area contributed by atoms with E-state index in [1.165, 1.54) is 19.0 Å². The first-order valence-electron chi connectivity index (χ1n) is 32.3. The van der Waals surface area contributed by atoms with E-state index in [0.717, 1.165) is 5.56 Å². The second kappa shape index (κ2) is 42.5. The van der Waals surface area contributed by atoms with Crippen LogP contribution in [0.5, 0.6) is 0 Å². The van der Waals surface area contributed by atoms with Crippen molar-refractivity contribution in [2.24, 2.45) is 29.6 Å². The van der Waals surface area contributed by atoms with Gasteiger partial charge in [0, 0.05) is 44.4 Å². The molecule has 0 spiro atoms. The number of carbonyl (C=O) groups excluding carboxylic acids is 14. The van der Waals surface area contributed by atoms with Gasteiger partial charge in [-0.1, -0.05) is 74.5 Å². The van der Waals surface area contributed by atoms with Gasteiger partial charge in [-0.25, -0.2) is 4.79 Å². The van der Waals surface area contributed by atoms with Crippen molar-refractivity contribution in [3.63, 3.8) is 0 Å². The molecule has 6 unspecified atom stereocenters. The van der Waals surface area contributed by atoms with Gasteiger partial charge >= 0.3 is 187 Å². The molecule has 31 heteroatoms. The number of hydrogen-bond acceptors (Lipinski definition) is 16. The van der Waals surface area contributed by atoms with Crippen LogP contribution in [0.25, 0.3) is 0 Å². The summed E-state index contributed by atoms with van der Waals surface area (Å²) in [7, 11) is 20.9. The van der Waals surface area contributed by atoms with Crippen molar-refractivity contribution in [1.29, 1.82) is 0 Å². The van der Waals surface area contributed by atoms with Crippen LogP contribution in [0.3, 0.4) is 0 Å². The number of esters is 1. The van der Waals surface area contributed by atoms with Crippen LogP contribution in [0, 0.1) is 29.6 Å². The number of ketones is 6. The molecule has 2 aromatic carbocycles. The van der Waals surface area contributed by atoms with Crippen molar-refractivity contribution in [2.75, 3.05) is 31.9 Å². The number of rotatable bonds is 43. The van der Waals surface area contributed by atoms with Crippen LogP contribution >= 0.6 is 8.73 Å². The molecular weight excluding hydrogens is 1240 g/mol. The molecule has 2 aromatic rings. The second-order valence-corrected chi connectivity index (χ2v) is 30.1. The minimum absolute atomic E-state index is 0.00197. The van der Waals surface area contributed by atoms with Gasteiger partial charge in [-0.15, -0.1) is 0 Å². The molecule has 96 heavy (non-hydrogen) atoms. The average molecular weight is 1340 g/mol.